The standard InChI is InChI=1S/C23H31NO4/c1-3-4-5-6-19(26)27-18-10-7-14-13-16-15-8-9-17(25)22-23(15,11-12-24(16)2)20(14)21(18)28-22/h3-6,14-16,18,20-22H,7-13H2,1-2H3/b4-3+,6-5+/t14?,15-,16+,18?,20?,21?,22-,23-/m0/s1. The maximum Gasteiger partial charge on any atom is 0.331 e. The molecule has 3 aliphatic carbocycles. The van der Waals surface area contributed by atoms with Crippen molar-refractivity contribution in [3.8, 4) is 0 Å². The zero-order valence-corrected chi connectivity index (χ0v) is 16.9. The number of carbonyl (C=O) groups excluding carboxylic acids is 2. The van der Waals surface area contributed by atoms with Crippen LogP contribution < -0.4 is 0 Å². The second-order valence-corrected chi connectivity index (χ2v) is 9.46. The van der Waals surface area contributed by atoms with Crippen LogP contribution in [-0.4, -0.2) is 54.6 Å². The summed E-state index contributed by atoms with van der Waals surface area (Å²) in [5, 5.41) is 0. The van der Waals surface area contributed by atoms with Gasteiger partial charge < -0.3 is 14.4 Å². The number of allylic oxidation sites excluding steroid dienone is 3. The summed E-state index contributed by atoms with van der Waals surface area (Å²) in [6, 6.07) is 0.579. The molecule has 4 unspecified atom stereocenters. The van der Waals surface area contributed by atoms with Crippen LogP contribution in [0.15, 0.2) is 24.3 Å². The predicted octanol–water partition coefficient (Wildman–Crippen LogP) is 2.90. The lowest BCUT2D eigenvalue weighted by atomic mass is 9.45. The highest BCUT2D eigenvalue weighted by Crippen LogP contribution is 2.67. The molecule has 0 radical (unpaired) electrons. The number of likely N-dealkylation sites (tertiary alicyclic amines) is 1. The molecule has 2 aliphatic heterocycles. The van der Waals surface area contributed by atoms with Crippen LogP contribution in [0.3, 0.4) is 0 Å². The Morgan fingerprint density at radius 1 is 1.29 bits per heavy atom. The zero-order chi connectivity index (χ0) is 19.5. The van der Waals surface area contributed by atoms with Gasteiger partial charge in [0.2, 0.25) is 0 Å². The van der Waals surface area contributed by atoms with Gasteiger partial charge in [-0.15, -0.1) is 0 Å². The van der Waals surface area contributed by atoms with Gasteiger partial charge in [0, 0.05) is 29.9 Å². The third kappa shape index (κ3) is 2.51. The van der Waals surface area contributed by atoms with Gasteiger partial charge in [-0.25, -0.2) is 4.79 Å². The summed E-state index contributed by atoms with van der Waals surface area (Å²) in [7, 11) is 2.25. The van der Waals surface area contributed by atoms with Gasteiger partial charge in [-0.3, -0.25) is 4.79 Å². The fourth-order valence-corrected chi connectivity index (χ4v) is 7.47. The number of carbonyl (C=O) groups is 2. The molecule has 5 rings (SSSR count). The number of nitrogens with zero attached hydrogens (tertiary/aromatic N) is 1. The predicted molar refractivity (Wildman–Crippen MR) is 105 cm³/mol. The molecule has 0 N–H and O–H groups in total. The zero-order valence-electron chi connectivity index (χ0n) is 16.9. The summed E-state index contributed by atoms with van der Waals surface area (Å²) in [5.41, 5.74) is -0.0219. The third-order valence-corrected chi connectivity index (χ3v) is 8.41. The summed E-state index contributed by atoms with van der Waals surface area (Å²) in [4.78, 5) is 27.7. The molecule has 0 aromatic carbocycles. The van der Waals surface area contributed by atoms with E-state index in [2.05, 4.69) is 11.9 Å². The number of hydrogen-bond acceptors (Lipinski definition) is 5. The van der Waals surface area contributed by atoms with Crippen LogP contribution in [0.5, 0.6) is 0 Å². The van der Waals surface area contributed by atoms with Crippen LogP contribution in [0, 0.1) is 23.2 Å². The van der Waals surface area contributed by atoms with Gasteiger partial charge in [0.05, 0.1) is 6.10 Å². The van der Waals surface area contributed by atoms with E-state index in [1.807, 2.05) is 19.1 Å². The summed E-state index contributed by atoms with van der Waals surface area (Å²) in [6.07, 6.45) is 12.1. The molecule has 0 aromatic rings. The molecule has 28 heavy (non-hydrogen) atoms. The molecule has 5 fully saturated rings. The maximum atomic E-state index is 12.9. The first kappa shape index (κ1) is 18.6. The van der Waals surface area contributed by atoms with Gasteiger partial charge in [0.1, 0.15) is 12.2 Å². The Hall–Kier alpha value is -1.46. The number of Topliss-reactive ketones (excluding diaryl/α,β-unsaturated/α-hetero) is 1. The number of ketones is 1. The Kier molecular flexibility index (Phi) is 4.51. The lowest BCUT2D eigenvalue weighted by Crippen LogP contribution is -2.67. The minimum Gasteiger partial charge on any atom is -0.456 e. The molecule has 0 aromatic heterocycles. The molecule has 2 bridgehead atoms. The van der Waals surface area contributed by atoms with Crippen LogP contribution in [-0.2, 0) is 19.1 Å². The molecular weight excluding hydrogens is 354 g/mol. The van der Waals surface area contributed by atoms with Crippen LogP contribution in [0.1, 0.15) is 45.4 Å². The Morgan fingerprint density at radius 2 is 2.14 bits per heavy atom. The number of esters is 1. The molecule has 152 valence electrons. The van der Waals surface area contributed by atoms with Crippen molar-refractivity contribution in [3.05, 3.63) is 24.3 Å². The second-order valence-electron chi connectivity index (χ2n) is 9.46. The van der Waals surface area contributed by atoms with Gasteiger partial charge in [-0.1, -0.05) is 18.2 Å². The topological polar surface area (TPSA) is 55.8 Å². The number of hydrogen-bond donors (Lipinski definition) is 0. The van der Waals surface area contributed by atoms with E-state index >= 15 is 0 Å². The number of rotatable bonds is 3. The first-order chi connectivity index (χ1) is 13.6. The monoisotopic (exact) mass is 385 g/mol. The smallest absolute Gasteiger partial charge is 0.331 e. The van der Waals surface area contributed by atoms with Gasteiger partial charge in [-0.2, -0.15) is 0 Å². The fourth-order valence-electron chi connectivity index (χ4n) is 7.47. The van der Waals surface area contributed by atoms with Crippen molar-refractivity contribution in [1.82, 2.24) is 4.90 Å². The lowest BCUT2D eigenvalue weighted by molar-refractivity contribution is -0.165. The van der Waals surface area contributed by atoms with Crippen LogP contribution in [0.4, 0.5) is 0 Å². The van der Waals surface area contributed by atoms with Crippen LogP contribution in [0.25, 0.3) is 0 Å². The van der Waals surface area contributed by atoms with Crippen LogP contribution in [0.2, 0.25) is 0 Å². The molecular formula is C23H31NO4. The van der Waals surface area contributed by atoms with E-state index < -0.39 is 0 Å². The van der Waals surface area contributed by atoms with Crippen molar-refractivity contribution in [3.63, 3.8) is 0 Å². The highest BCUT2D eigenvalue weighted by atomic mass is 16.6. The summed E-state index contributed by atoms with van der Waals surface area (Å²) >= 11 is 0. The Morgan fingerprint density at radius 3 is 2.96 bits per heavy atom. The minimum atomic E-state index is -0.308. The first-order valence-corrected chi connectivity index (χ1v) is 10.9. The van der Waals surface area contributed by atoms with Crippen molar-refractivity contribution in [2.24, 2.45) is 23.2 Å². The van der Waals surface area contributed by atoms with E-state index in [-0.39, 0.29) is 35.5 Å². The Balaban J connectivity index is 1.45. The van der Waals surface area contributed by atoms with E-state index in [1.165, 1.54) is 12.5 Å². The Labute approximate surface area is 167 Å². The van der Waals surface area contributed by atoms with E-state index in [1.54, 1.807) is 6.08 Å². The average Bonchev–Trinajstić information content (AvgIpc) is 3.03. The van der Waals surface area contributed by atoms with Crippen molar-refractivity contribution >= 4 is 11.8 Å². The quantitative estimate of drug-likeness (QED) is 0.425. The van der Waals surface area contributed by atoms with Crippen LogP contribution >= 0.6 is 0 Å². The van der Waals surface area contributed by atoms with Crippen molar-refractivity contribution in [2.75, 3.05) is 13.6 Å². The highest BCUT2D eigenvalue weighted by molar-refractivity contribution is 5.86. The Bertz CT molecular complexity index is 730. The minimum absolute atomic E-state index is 0.0219. The molecule has 2 saturated heterocycles. The average molecular weight is 386 g/mol. The molecule has 5 nitrogen and oxygen atoms in total. The van der Waals surface area contributed by atoms with E-state index in [0.29, 0.717) is 30.2 Å². The summed E-state index contributed by atoms with van der Waals surface area (Å²) < 4.78 is 12.4. The SMILES string of the molecule is C/C=C/C=C/C(=O)OC1CCC2C[C@@H]3[C@@H]4CCC(=O)[C@@H]5OC1C2[C@@]54CCN3C. The van der Waals surface area contributed by atoms with E-state index in [9.17, 15) is 9.59 Å². The second kappa shape index (κ2) is 6.81. The normalized spacial score (nSPS) is 47.5. The summed E-state index contributed by atoms with van der Waals surface area (Å²) in [6.45, 7) is 2.95. The molecule has 2 heterocycles. The fraction of sp³-hybridized carbons (Fsp3) is 0.739. The molecule has 3 saturated carbocycles. The van der Waals surface area contributed by atoms with Gasteiger partial charge in [0.15, 0.2) is 5.78 Å². The lowest BCUT2D eigenvalue weighted by Gasteiger charge is -2.62. The van der Waals surface area contributed by atoms with Crippen molar-refractivity contribution in [1.29, 1.82) is 0 Å². The van der Waals surface area contributed by atoms with Crippen molar-refractivity contribution < 1.29 is 19.1 Å². The van der Waals surface area contributed by atoms with Crippen molar-refractivity contribution in [2.45, 2.75) is 69.8 Å². The van der Waals surface area contributed by atoms with Gasteiger partial charge in [0.25, 0.3) is 0 Å². The van der Waals surface area contributed by atoms with Gasteiger partial charge >= 0.3 is 5.97 Å². The molecule has 8 atom stereocenters. The largest absolute Gasteiger partial charge is 0.456 e. The van der Waals surface area contributed by atoms with Gasteiger partial charge in [-0.05, 0) is 64.5 Å². The molecule has 5 heteroatoms. The number of piperidine rings is 1. The molecule has 1 spiro atoms. The highest BCUT2D eigenvalue weighted by Gasteiger charge is 2.72. The first-order valence-electron chi connectivity index (χ1n) is 10.9. The van der Waals surface area contributed by atoms with E-state index in [0.717, 1.165) is 32.2 Å². The third-order valence-electron chi connectivity index (χ3n) is 8.41. The number of ether oxygens (including phenoxy) is 2. The maximum absolute atomic E-state index is 12.9. The summed E-state index contributed by atoms with van der Waals surface area (Å²) in [5.74, 6) is 1.47. The van der Waals surface area contributed by atoms with E-state index in [4.69, 9.17) is 9.47 Å². The molecule has 0 amide bonds. The molecule has 5 aliphatic rings.